The van der Waals surface area contributed by atoms with E-state index < -0.39 is 0 Å². The molecule has 5 nitrogen and oxygen atoms in total. The van der Waals surface area contributed by atoms with Crippen LogP contribution < -0.4 is 9.64 Å². The van der Waals surface area contributed by atoms with Crippen molar-refractivity contribution in [2.75, 3.05) is 24.6 Å². The van der Waals surface area contributed by atoms with Crippen molar-refractivity contribution in [3.8, 4) is 5.75 Å². The molecule has 2 rings (SSSR count). The number of carbonyl (C=O) groups is 2. The summed E-state index contributed by atoms with van der Waals surface area (Å²) in [7, 11) is 0. The molecule has 1 aromatic rings. The number of benzene rings is 1. The summed E-state index contributed by atoms with van der Waals surface area (Å²) >= 11 is 0. The third-order valence-corrected chi connectivity index (χ3v) is 4.78. The van der Waals surface area contributed by atoms with Gasteiger partial charge in [0.05, 0.1) is 0 Å². The molecule has 1 aliphatic rings. The van der Waals surface area contributed by atoms with Crippen molar-refractivity contribution in [1.29, 1.82) is 0 Å². The monoisotopic (exact) mass is 346 g/mol. The summed E-state index contributed by atoms with van der Waals surface area (Å²) < 4.78 is 5.67. The lowest BCUT2D eigenvalue weighted by atomic mass is 10.2. The van der Waals surface area contributed by atoms with Crippen LogP contribution in [0.3, 0.4) is 0 Å². The van der Waals surface area contributed by atoms with Crippen molar-refractivity contribution in [3.63, 3.8) is 0 Å². The first-order valence-electron chi connectivity index (χ1n) is 9.39. The smallest absolute Gasteiger partial charge is 0.260 e. The molecule has 25 heavy (non-hydrogen) atoms. The van der Waals surface area contributed by atoms with Crippen LogP contribution in [0.2, 0.25) is 0 Å². The van der Waals surface area contributed by atoms with Gasteiger partial charge in [0.25, 0.3) is 5.91 Å². The van der Waals surface area contributed by atoms with Crippen LogP contribution in [0.5, 0.6) is 5.75 Å². The Bertz CT molecular complexity index is 571. The van der Waals surface area contributed by atoms with Gasteiger partial charge in [0, 0.05) is 31.2 Å². The van der Waals surface area contributed by atoms with Crippen LogP contribution in [0.25, 0.3) is 0 Å². The molecular weight excluding hydrogens is 316 g/mol. The number of anilines is 1. The third-order valence-electron chi connectivity index (χ3n) is 4.78. The zero-order valence-electron chi connectivity index (χ0n) is 15.7. The second-order valence-corrected chi connectivity index (χ2v) is 6.63. The minimum atomic E-state index is 0.0293. The number of hydrogen-bond donors (Lipinski definition) is 0. The summed E-state index contributed by atoms with van der Waals surface area (Å²) in [6, 6.07) is 7.65. The highest BCUT2D eigenvalue weighted by molar-refractivity contribution is 5.95. The fraction of sp³-hybridized carbons (Fsp3) is 0.600. The molecule has 5 heteroatoms. The Morgan fingerprint density at radius 3 is 2.56 bits per heavy atom. The van der Waals surface area contributed by atoms with Crippen molar-refractivity contribution < 1.29 is 14.3 Å². The van der Waals surface area contributed by atoms with Gasteiger partial charge in [-0.1, -0.05) is 20.3 Å². The highest BCUT2D eigenvalue weighted by Gasteiger charge is 2.22. The normalized spacial score (nSPS) is 15.3. The van der Waals surface area contributed by atoms with Gasteiger partial charge in [-0.2, -0.15) is 0 Å². The second-order valence-electron chi connectivity index (χ2n) is 6.63. The fourth-order valence-corrected chi connectivity index (χ4v) is 3.01. The zero-order chi connectivity index (χ0) is 18.2. The summed E-state index contributed by atoms with van der Waals surface area (Å²) in [5.41, 5.74) is 0.894. The van der Waals surface area contributed by atoms with E-state index in [1.165, 1.54) is 0 Å². The van der Waals surface area contributed by atoms with Gasteiger partial charge in [0.15, 0.2) is 6.61 Å². The summed E-state index contributed by atoms with van der Waals surface area (Å²) in [4.78, 5) is 28.0. The van der Waals surface area contributed by atoms with E-state index in [0.717, 1.165) is 44.5 Å². The molecule has 0 aliphatic carbocycles. The lowest BCUT2D eigenvalue weighted by molar-refractivity contribution is -0.135. The van der Waals surface area contributed by atoms with Crippen LogP contribution in [0.15, 0.2) is 24.3 Å². The van der Waals surface area contributed by atoms with E-state index in [4.69, 9.17) is 4.74 Å². The van der Waals surface area contributed by atoms with Crippen molar-refractivity contribution in [1.82, 2.24) is 4.90 Å². The predicted molar refractivity (Wildman–Crippen MR) is 99.9 cm³/mol. The number of carbonyl (C=O) groups excluding carboxylic acids is 2. The van der Waals surface area contributed by atoms with Crippen molar-refractivity contribution >= 4 is 17.5 Å². The van der Waals surface area contributed by atoms with E-state index >= 15 is 0 Å². The number of hydrogen-bond acceptors (Lipinski definition) is 3. The van der Waals surface area contributed by atoms with E-state index in [-0.39, 0.29) is 24.5 Å². The number of nitrogens with zero attached hydrogens (tertiary/aromatic N) is 2. The maximum atomic E-state index is 12.5. The van der Waals surface area contributed by atoms with Gasteiger partial charge in [0.2, 0.25) is 5.91 Å². The molecule has 0 N–H and O–H groups in total. The highest BCUT2D eigenvalue weighted by atomic mass is 16.5. The van der Waals surface area contributed by atoms with Gasteiger partial charge < -0.3 is 14.5 Å². The van der Waals surface area contributed by atoms with Gasteiger partial charge >= 0.3 is 0 Å². The van der Waals surface area contributed by atoms with Gasteiger partial charge in [-0.15, -0.1) is 0 Å². The average Bonchev–Trinajstić information content (AvgIpc) is 3.06. The Morgan fingerprint density at radius 1 is 1.28 bits per heavy atom. The lowest BCUT2D eigenvalue weighted by Gasteiger charge is -2.28. The average molecular weight is 346 g/mol. The van der Waals surface area contributed by atoms with Crippen LogP contribution in [-0.4, -0.2) is 42.5 Å². The first kappa shape index (κ1) is 19.3. The van der Waals surface area contributed by atoms with Crippen molar-refractivity contribution in [2.24, 2.45) is 0 Å². The minimum absolute atomic E-state index is 0.0293. The topological polar surface area (TPSA) is 49.9 Å². The van der Waals surface area contributed by atoms with E-state index in [0.29, 0.717) is 12.2 Å². The quantitative estimate of drug-likeness (QED) is 0.686. The summed E-state index contributed by atoms with van der Waals surface area (Å²) in [5.74, 6) is 0.855. The zero-order valence-corrected chi connectivity index (χ0v) is 15.7. The minimum Gasteiger partial charge on any atom is -0.484 e. The van der Waals surface area contributed by atoms with E-state index in [2.05, 4.69) is 20.8 Å². The molecular formula is C20H30N2O3. The van der Waals surface area contributed by atoms with Crippen LogP contribution in [0, 0.1) is 0 Å². The Hall–Kier alpha value is -2.04. The molecule has 0 saturated carbocycles. The first-order chi connectivity index (χ1) is 12.1. The largest absolute Gasteiger partial charge is 0.484 e. The highest BCUT2D eigenvalue weighted by Crippen LogP contribution is 2.24. The van der Waals surface area contributed by atoms with E-state index in [9.17, 15) is 9.59 Å². The molecule has 0 radical (unpaired) electrons. The summed E-state index contributed by atoms with van der Waals surface area (Å²) in [5, 5.41) is 0. The molecule has 1 heterocycles. The molecule has 1 aromatic carbocycles. The standard InChI is InChI=1S/C20H30N2O3/c1-4-6-13-21(16(3)5-2)20(24)15-25-18-11-9-17(10-12-18)22-14-7-8-19(22)23/h9-12,16H,4-8,13-15H2,1-3H3. The Labute approximate surface area is 150 Å². The Morgan fingerprint density at radius 2 is 2.00 bits per heavy atom. The van der Waals surface area contributed by atoms with Crippen LogP contribution in [-0.2, 0) is 9.59 Å². The molecule has 0 spiro atoms. The Kier molecular flexibility index (Phi) is 7.29. The second kappa shape index (κ2) is 9.44. The van der Waals surface area contributed by atoms with Crippen LogP contribution in [0.4, 0.5) is 5.69 Å². The van der Waals surface area contributed by atoms with Gasteiger partial charge in [0.1, 0.15) is 5.75 Å². The van der Waals surface area contributed by atoms with Crippen LogP contribution in [0.1, 0.15) is 52.9 Å². The van der Waals surface area contributed by atoms with Crippen LogP contribution >= 0.6 is 0 Å². The number of ether oxygens (including phenoxy) is 1. The summed E-state index contributed by atoms with van der Waals surface area (Å²) in [6.45, 7) is 7.91. The lowest BCUT2D eigenvalue weighted by Crippen LogP contribution is -2.41. The molecule has 0 bridgehead atoms. The molecule has 1 atom stereocenters. The molecule has 1 unspecified atom stereocenters. The molecule has 2 amide bonds. The van der Waals surface area contributed by atoms with E-state index in [1.54, 1.807) is 4.90 Å². The number of amides is 2. The predicted octanol–water partition coefficient (Wildman–Crippen LogP) is 3.62. The van der Waals surface area contributed by atoms with Gasteiger partial charge in [-0.25, -0.2) is 0 Å². The Balaban J connectivity index is 1.90. The first-order valence-corrected chi connectivity index (χ1v) is 9.39. The third kappa shape index (κ3) is 5.21. The summed E-state index contributed by atoms with van der Waals surface area (Å²) in [6.07, 6.45) is 4.55. The molecule has 1 fully saturated rings. The van der Waals surface area contributed by atoms with Crippen molar-refractivity contribution in [3.05, 3.63) is 24.3 Å². The molecule has 138 valence electrons. The van der Waals surface area contributed by atoms with Gasteiger partial charge in [-0.05, 0) is 50.5 Å². The maximum Gasteiger partial charge on any atom is 0.260 e. The fourth-order valence-electron chi connectivity index (χ4n) is 3.01. The number of rotatable bonds is 9. The SMILES string of the molecule is CCCCN(C(=O)COc1ccc(N2CCCC2=O)cc1)C(C)CC. The van der Waals surface area contributed by atoms with Gasteiger partial charge in [-0.3, -0.25) is 9.59 Å². The maximum absolute atomic E-state index is 12.5. The number of unbranched alkanes of at least 4 members (excludes halogenated alkanes) is 1. The molecule has 0 aromatic heterocycles. The van der Waals surface area contributed by atoms with Crippen molar-refractivity contribution in [2.45, 2.75) is 58.9 Å². The molecule has 1 saturated heterocycles. The van der Waals surface area contributed by atoms with E-state index in [1.807, 2.05) is 29.2 Å². The molecule has 1 aliphatic heterocycles.